The van der Waals surface area contributed by atoms with Gasteiger partial charge in [-0.1, -0.05) is 48.5 Å². The zero-order valence-electron chi connectivity index (χ0n) is 10.6. The van der Waals surface area contributed by atoms with E-state index in [1.54, 1.807) is 18.2 Å². The van der Waals surface area contributed by atoms with E-state index < -0.39 is 0 Å². The highest BCUT2D eigenvalue weighted by atomic mass is 35.5. The first kappa shape index (κ1) is 15.0. The first-order chi connectivity index (χ1) is 9.16. The summed E-state index contributed by atoms with van der Waals surface area (Å²) in [6, 6.07) is 5.73. The molecule has 1 saturated carbocycles. The van der Waals surface area contributed by atoms with E-state index in [0.717, 1.165) is 17.7 Å². The highest BCUT2D eigenvalue weighted by Crippen LogP contribution is 2.33. The highest BCUT2D eigenvalue weighted by molar-refractivity contribution is 8.00. The fraction of sp³-hybridized carbons (Fsp3) is 0.500. The Labute approximate surface area is 128 Å². The van der Waals surface area contributed by atoms with Gasteiger partial charge in [-0.3, -0.25) is 4.79 Å². The third-order valence-electron chi connectivity index (χ3n) is 3.24. The molecule has 2 nitrogen and oxygen atoms in total. The number of halogens is 2. The van der Waals surface area contributed by atoms with Gasteiger partial charge in [-0.05, 0) is 25.0 Å². The molecule has 1 N–H and O–H groups in total. The van der Waals surface area contributed by atoms with Crippen LogP contribution in [-0.4, -0.2) is 17.7 Å². The summed E-state index contributed by atoms with van der Waals surface area (Å²) in [6.45, 7) is 0. The molecule has 0 atom stereocenters. The van der Waals surface area contributed by atoms with Crippen molar-refractivity contribution in [2.24, 2.45) is 0 Å². The van der Waals surface area contributed by atoms with Gasteiger partial charge in [-0.2, -0.15) is 0 Å². The molecular formula is C14H17Cl2NOS. The number of benzene rings is 1. The second-order valence-electron chi connectivity index (χ2n) is 4.74. The lowest BCUT2D eigenvalue weighted by molar-refractivity contribution is -0.119. The van der Waals surface area contributed by atoms with Crippen molar-refractivity contribution in [3.8, 4) is 0 Å². The topological polar surface area (TPSA) is 29.1 Å². The predicted octanol–water partition coefficient (Wildman–Crippen LogP) is 4.53. The molecule has 1 aliphatic rings. The molecule has 19 heavy (non-hydrogen) atoms. The third kappa shape index (κ3) is 4.59. The molecule has 1 fully saturated rings. The smallest absolute Gasteiger partial charge is 0.230 e. The molecule has 0 saturated heterocycles. The van der Waals surface area contributed by atoms with Crippen molar-refractivity contribution in [3.05, 3.63) is 28.2 Å². The number of rotatable bonds is 4. The Balaban J connectivity index is 1.83. The molecule has 5 heteroatoms. The summed E-state index contributed by atoms with van der Waals surface area (Å²) in [7, 11) is 0. The van der Waals surface area contributed by atoms with Crippen molar-refractivity contribution in [1.82, 2.24) is 5.32 Å². The van der Waals surface area contributed by atoms with Crippen LogP contribution in [0.1, 0.15) is 32.1 Å². The van der Waals surface area contributed by atoms with Crippen LogP contribution in [0.3, 0.4) is 0 Å². The number of amides is 1. The van der Waals surface area contributed by atoms with Crippen LogP contribution in [0.4, 0.5) is 0 Å². The molecule has 0 aliphatic heterocycles. The largest absolute Gasteiger partial charge is 0.353 e. The van der Waals surface area contributed by atoms with Crippen molar-refractivity contribution in [3.63, 3.8) is 0 Å². The average Bonchev–Trinajstić information content (AvgIpc) is 2.39. The van der Waals surface area contributed by atoms with Crippen molar-refractivity contribution < 1.29 is 4.79 Å². The summed E-state index contributed by atoms with van der Waals surface area (Å²) in [6.07, 6.45) is 5.92. The fourth-order valence-electron chi connectivity index (χ4n) is 2.27. The molecule has 1 amide bonds. The summed E-state index contributed by atoms with van der Waals surface area (Å²) in [5, 5.41) is 4.28. The quantitative estimate of drug-likeness (QED) is 0.826. The van der Waals surface area contributed by atoms with Crippen molar-refractivity contribution in [2.75, 3.05) is 5.75 Å². The van der Waals surface area contributed by atoms with Gasteiger partial charge in [-0.15, -0.1) is 11.8 Å². The second kappa shape index (κ2) is 7.41. The Hall–Kier alpha value is -0.380. The minimum atomic E-state index is 0.0629. The lowest BCUT2D eigenvalue weighted by Gasteiger charge is -2.22. The van der Waals surface area contributed by atoms with E-state index in [1.807, 2.05) is 0 Å². The molecule has 0 aromatic heterocycles. The first-order valence-electron chi connectivity index (χ1n) is 6.53. The van der Waals surface area contributed by atoms with Crippen LogP contribution >= 0.6 is 35.0 Å². The van der Waals surface area contributed by atoms with Crippen molar-refractivity contribution >= 4 is 40.9 Å². The van der Waals surface area contributed by atoms with E-state index in [9.17, 15) is 4.79 Å². The maximum absolute atomic E-state index is 11.9. The van der Waals surface area contributed by atoms with Crippen LogP contribution in [0, 0.1) is 0 Å². The second-order valence-corrected chi connectivity index (χ2v) is 6.54. The molecule has 1 aromatic rings. The van der Waals surface area contributed by atoms with Gasteiger partial charge >= 0.3 is 0 Å². The number of hydrogen-bond acceptors (Lipinski definition) is 2. The van der Waals surface area contributed by atoms with Gasteiger partial charge in [0, 0.05) is 10.9 Å². The molecule has 104 valence electrons. The van der Waals surface area contributed by atoms with Crippen LogP contribution < -0.4 is 5.32 Å². The number of nitrogens with one attached hydrogen (secondary N) is 1. The van der Waals surface area contributed by atoms with Crippen LogP contribution in [0.15, 0.2) is 23.1 Å². The van der Waals surface area contributed by atoms with E-state index in [1.165, 1.54) is 31.0 Å². The number of carbonyl (C=O) groups is 1. The van der Waals surface area contributed by atoms with E-state index >= 15 is 0 Å². The molecule has 1 aromatic carbocycles. The number of hydrogen-bond donors (Lipinski definition) is 1. The monoisotopic (exact) mass is 317 g/mol. The maximum atomic E-state index is 11.9. The molecular weight excluding hydrogens is 301 g/mol. The lowest BCUT2D eigenvalue weighted by Crippen LogP contribution is -2.37. The van der Waals surface area contributed by atoms with Crippen LogP contribution in [-0.2, 0) is 4.79 Å². The number of thioether (sulfide) groups is 1. The van der Waals surface area contributed by atoms with Gasteiger partial charge in [0.1, 0.15) is 0 Å². The fourth-order valence-corrected chi connectivity index (χ4v) is 3.77. The van der Waals surface area contributed by atoms with Gasteiger partial charge < -0.3 is 5.32 Å². The van der Waals surface area contributed by atoms with Crippen molar-refractivity contribution in [2.45, 2.75) is 43.0 Å². The predicted molar refractivity (Wildman–Crippen MR) is 82.2 cm³/mol. The molecule has 0 unspecified atom stereocenters. The standard InChI is InChI=1S/C14H17Cl2NOS/c15-11-7-4-8-12(16)14(11)19-9-13(18)17-10-5-2-1-3-6-10/h4,7-8,10H,1-3,5-6,9H2,(H,17,18). The first-order valence-corrected chi connectivity index (χ1v) is 8.27. The van der Waals surface area contributed by atoms with Gasteiger partial charge in [-0.25, -0.2) is 0 Å². The normalized spacial score (nSPS) is 16.3. The Morgan fingerprint density at radius 1 is 1.21 bits per heavy atom. The molecule has 0 spiro atoms. The van der Waals surface area contributed by atoms with Gasteiger partial charge in [0.25, 0.3) is 0 Å². The minimum Gasteiger partial charge on any atom is -0.353 e. The SMILES string of the molecule is O=C(CSc1c(Cl)cccc1Cl)NC1CCCCC1. The average molecular weight is 318 g/mol. The third-order valence-corrected chi connectivity index (χ3v) is 5.23. The Bertz CT molecular complexity index is 427. The van der Waals surface area contributed by atoms with Gasteiger partial charge in [0.15, 0.2) is 0 Å². The minimum absolute atomic E-state index is 0.0629. The molecule has 0 bridgehead atoms. The van der Waals surface area contributed by atoms with E-state index in [4.69, 9.17) is 23.2 Å². The molecule has 0 heterocycles. The zero-order valence-corrected chi connectivity index (χ0v) is 13.0. The van der Waals surface area contributed by atoms with Gasteiger partial charge in [0.2, 0.25) is 5.91 Å². The summed E-state index contributed by atoms with van der Waals surface area (Å²) in [4.78, 5) is 12.7. The van der Waals surface area contributed by atoms with E-state index in [0.29, 0.717) is 21.8 Å². The summed E-state index contributed by atoms with van der Waals surface area (Å²) in [5.74, 6) is 0.424. The Morgan fingerprint density at radius 3 is 2.47 bits per heavy atom. The molecule has 1 aliphatic carbocycles. The van der Waals surface area contributed by atoms with E-state index in [-0.39, 0.29) is 5.91 Å². The highest BCUT2D eigenvalue weighted by Gasteiger charge is 2.16. The van der Waals surface area contributed by atoms with Crippen LogP contribution in [0.25, 0.3) is 0 Å². The summed E-state index contributed by atoms with van der Waals surface area (Å²) >= 11 is 13.5. The van der Waals surface area contributed by atoms with Crippen LogP contribution in [0.2, 0.25) is 10.0 Å². The van der Waals surface area contributed by atoms with Gasteiger partial charge in [0.05, 0.1) is 15.8 Å². The Morgan fingerprint density at radius 2 is 1.84 bits per heavy atom. The molecule has 0 radical (unpaired) electrons. The van der Waals surface area contributed by atoms with Crippen molar-refractivity contribution in [1.29, 1.82) is 0 Å². The van der Waals surface area contributed by atoms with E-state index in [2.05, 4.69) is 5.32 Å². The summed E-state index contributed by atoms with van der Waals surface area (Å²) in [5.41, 5.74) is 0. The number of carbonyl (C=O) groups excluding carboxylic acids is 1. The van der Waals surface area contributed by atoms with Crippen LogP contribution in [0.5, 0.6) is 0 Å². The lowest BCUT2D eigenvalue weighted by atomic mass is 9.95. The molecule has 2 rings (SSSR count). The Kier molecular flexibility index (Phi) is 5.86. The summed E-state index contributed by atoms with van der Waals surface area (Å²) < 4.78 is 0. The zero-order chi connectivity index (χ0) is 13.7. The maximum Gasteiger partial charge on any atom is 0.230 e.